The summed E-state index contributed by atoms with van der Waals surface area (Å²) in [5.41, 5.74) is 2.55. The lowest BCUT2D eigenvalue weighted by Gasteiger charge is -2.28. The molecule has 1 aliphatic rings. The average Bonchev–Trinajstić information content (AvgIpc) is 2.73. The van der Waals surface area contributed by atoms with Crippen LogP contribution in [0.3, 0.4) is 0 Å². The van der Waals surface area contributed by atoms with Gasteiger partial charge in [-0.15, -0.1) is 0 Å². The Kier molecular flexibility index (Phi) is 6.44. The van der Waals surface area contributed by atoms with E-state index in [-0.39, 0.29) is 24.7 Å². The minimum Gasteiger partial charge on any atom is -0.497 e. The molecule has 1 N–H and O–H groups in total. The third-order valence-electron chi connectivity index (χ3n) is 4.54. The number of benzene rings is 2. The van der Waals surface area contributed by atoms with Crippen LogP contribution in [0.15, 0.2) is 48.5 Å². The molecule has 2 aromatic carbocycles. The maximum absolute atomic E-state index is 12.3. The first-order valence-corrected chi connectivity index (χ1v) is 9.01. The van der Waals surface area contributed by atoms with Gasteiger partial charge in [0.25, 0.3) is 0 Å². The van der Waals surface area contributed by atoms with Crippen LogP contribution in [0.5, 0.6) is 5.75 Å². The largest absolute Gasteiger partial charge is 0.497 e. The van der Waals surface area contributed by atoms with Crippen LogP contribution in [0.2, 0.25) is 0 Å². The van der Waals surface area contributed by atoms with Gasteiger partial charge in [-0.05, 0) is 42.0 Å². The minimum atomic E-state index is -0.182. The third-order valence-corrected chi connectivity index (χ3v) is 4.54. The summed E-state index contributed by atoms with van der Waals surface area (Å²) in [5, 5.41) is 2.69. The molecular formula is C21H24N2O4. The molecule has 6 heteroatoms. The van der Waals surface area contributed by atoms with Crippen molar-refractivity contribution in [2.24, 2.45) is 0 Å². The van der Waals surface area contributed by atoms with Crippen LogP contribution in [-0.4, -0.2) is 51.6 Å². The fourth-order valence-corrected chi connectivity index (χ4v) is 2.95. The molecule has 1 aliphatic heterocycles. The van der Waals surface area contributed by atoms with Gasteiger partial charge in [-0.3, -0.25) is 9.59 Å². The molecule has 0 aliphatic carbocycles. The molecule has 3 rings (SSSR count). The number of ketones is 1. The van der Waals surface area contributed by atoms with Gasteiger partial charge in [0.2, 0.25) is 5.91 Å². The predicted molar refractivity (Wildman–Crippen MR) is 104 cm³/mol. The Morgan fingerprint density at radius 3 is 2.33 bits per heavy atom. The summed E-state index contributed by atoms with van der Waals surface area (Å²) in [6.07, 6.45) is 0.229. The lowest BCUT2D eigenvalue weighted by atomic mass is 10.1. The van der Waals surface area contributed by atoms with E-state index in [1.54, 1.807) is 7.11 Å². The second kappa shape index (κ2) is 9.19. The molecule has 6 nitrogen and oxygen atoms in total. The molecule has 27 heavy (non-hydrogen) atoms. The number of hydrogen-bond donors (Lipinski definition) is 1. The number of nitrogens with zero attached hydrogens (tertiary/aromatic N) is 1. The summed E-state index contributed by atoms with van der Waals surface area (Å²) >= 11 is 0. The van der Waals surface area contributed by atoms with E-state index in [2.05, 4.69) is 10.2 Å². The lowest BCUT2D eigenvalue weighted by molar-refractivity contribution is -0.120. The molecule has 1 amide bonds. The van der Waals surface area contributed by atoms with E-state index in [0.29, 0.717) is 5.56 Å². The highest BCUT2D eigenvalue weighted by atomic mass is 16.5. The Bertz CT molecular complexity index is 766. The fourth-order valence-electron chi connectivity index (χ4n) is 2.95. The van der Waals surface area contributed by atoms with Gasteiger partial charge >= 0.3 is 0 Å². The van der Waals surface area contributed by atoms with E-state index in [4.69, 9.17) is 9.47 Å². The Labute approximate surface area is 159 Å². The van der Waals surface area contributed by atoms with Gasteiger partial charge in [0.1, 0.15) is 5.75 Å². The topological polar surface area (TPSA) is 67.9 Å². The Balaban J connectivity index is 1.48. The molecule has 1 fully saturated rings. The molecule has 0 unspecified atom stereocenters. The van der Waals surface area contributed by atoms with Gasteiger partial charge in [-0.25, -0.2) is 0 Å². The Hall–Kier alpha value is -2.86. The number of hydrogen-bond acceptors (Lipinski definition) is 5. The SMILES string of the molecule is COc1ccc(CC(=O)NCC(=O)c2ccc(N3CCOCC3)cc2)cc1. The quantitative estimate of drug-likeness (QED) is 0.758. The molecular weight excluding hydrogens is 344 g/mol. The normalized spacial score (nSPS) is 13.9. The fraction of sp³-hybridized carbons (Fsp3) is 0.333. The average molecular weight is 368 g/mol. The highest BCUT2D eigenvalue weighted by Gasteiger charge is 2.13. The van der Waals surface area contributed by atoms with Crippen LogP contribution in [0.1, 0.15) is 15.9 Å². The van der Waals surface area contributed by atoms with Crippen molar-refractivity contribution in [1.82, 2.24) is 5.32 Å². The van der Waals surface area contributed by atoms with Gasteiger partial charge in [-0.2, -0.15) is 0 Å². The van der Waals surface area contributed by atoms with E-state index >= 15 is 0 Å². The predicted octanol–water partition coefficient (Wildman–Crippen LogP) is 2.07. The molecule has 2 aromatic rings. The number of rotatable bonds is 7. The van der Waals surface area contributed by atoms with Gasteiger partial charge < -0.3 is 19.7 Å². The number of carbonyl (C=O) groups is 2. The highest BCUT2D eigenvalue weighted by molar-refractivity contribution is 5.99. The van der Waals surface area contributed by atoms with E-state index in [1.165, 1.54) is 0 Å². The van der Waals surface area contributed by atoms with Crippen LogP contribution in [0, 0.1) is 0 Å². The lowest BCUT2D eigenvalue weighted by Crippen LogP contribution is -2.36. The maximum Gasteiger partial charge on any atom is 0.224 e. The van der Waals surface area contributed by atoms with Crippen LogP contribution < -0.4 is 15.0 Å². The van der Waals surface area contributed by atoms with Gasteiger partial charge in [0.15, 0.2) is 5.78 Å². The number of Topliss-reactive ketones (excluding diaryl/α,β-unsaturated/α-hetero) is 1. The minimum absolute atomic E-state index is 0.00805. The highest BCUT2D eigenvalue weighted by Crippen LogP contribution is 2.17. The first kappa shape index (κ1) is 18.9. The molecule has 1 heterocycles. The summed E-state index contributed by atoms with van der Waals surface area (Å²) in [6.45, 7) is 3.15. The Morgan fingerprint density at radius 2 is 1.70 bits per heavy atom. The summed E-state index contributed by atoms with van der Waals surface area (Å²) in [5.74, 6) is 0.458. The van der Waals surface area contributed by atoms with Crippen LogP contribution >= 0.6 is 0 Å². The number of amides is 1. The van der Waals surface area contributed by atoms with Crippen molar-refractivity contribution in [2.75, 3.05) is 44.9 Å². The second-order valence-electron chi connectivity index (χ2n) is 6.37. The molecule has 0 saturated carbocycles. The maximum atomic E-state index is 12.3. The van der Waals surface area contributed by atoms with Crippen molar-refractivity contribution < 1.29 is 19.1 Å². The number of methoxy groups -OCH3 is 1. The molecule has 0 spiro atoms. The van der Waals surface area contributed by atoms with Crippen LogP contribution in [0.25, 0.3) is 0 Å². The zero-order valence-electron chi connectivity index (χ0n) is 15.4. The molecule has 0 radical (unpaired) electrons. The molecule has 0 bridgehead atoms. The first-order chi connectivity index (χ1) is 13.2. The van der Waals surface area contributed by atoms with E-state index < -0.39 is 0 Å². The third kappa shape index (κ3) is 5.31. The number of ether oxygens (including phenoxy) is 2. The number of carbonyl (C=O) groups excluding carboxylic acids is 2. The Morgan fingerprint density at radius 1 is 1.04 bits per heavy atom. The van der Waals surface area contributed by atoms with Crippen LogP contribution in [-0.2, 0) is 16.0 Å². The molecule has 1 saturated heterocycles. The van der Waals surface area contributed by atoms with Crippen molar-refractivity contribution in [2.45, 2.75) is 6.42 Å². The van der Waals surface area contributed by atoms with E-state index in [9.17, 15) is 9.59 Å². The van der Waals surface area contributed by atoms with Crippen LogP contribution in [0.4, 0.5) is 5.69 Å². The standard InChI is InChI=1S/C21H24N2O4/c1-26-19-8-2-16(3-9-19)14-21(25)22-15-20(24)17-4-6-18(7-5-17)23-10-12-27-13-11-23/h2-9H,10-15H2,1H3,(H,22,25). The number of morpholine rings is 1. The van der Waals surface area contributed by atoms with Crippen molar-refractivity contribution in [1.29, 1.82) is 0 Å². The second-order valence-corrected chi connectivity index (χ2v) is 6.37. The molecule has 0 atom stereocenters. The van der Waals surface area contributed by atoms with Crippen molar-refractivity contribution >= 4 is 17.4 Å². The summed E-state index contributed by atoms with van der Waals surface area (Å²) in [7, 11) is 1.60. The van der Waals surface area contributed by atoms with Crippen molar-refractivity contribution in [3.63, 3.8) is 0 Å². The van der Waals surface area contributed by atoms with E-state index in [1.807, 2.05) is 48.5 Å². The summed E-state index contributed by atoms with van der Waals surface area (Å²) in [4.78, 5) is 26.6. The zero-order valence-corrected chi connectivity index (χ0v) is 15.4. The van der Waals surface area contributed by atoms with Gasteiger partial charge in [0, 0.05) is 24.3 Å². The zero-order chi connectivity index (χ0) is 19.1. The first-order valence-electron chi connectivity index (χ1n) is 9.01. The molecule has 142 valence electrons. The summed E-state index contributed by atoms with van der Waals surface area (Å²) in [6, 6.07) is 14.8. The van der Waals surface area contributed by atoms with E-state index in [0.717, 1.165) is 43.3 Å². The number of nitrogens with one attached hydrogen (secondary N) is 1. The summed E-state index contributed by atoms with van der Waals surface area (Å²) < 4.78 is 10.4. The van der Waals surface area contributed by atoms with Gasteiger partial charge in [-0.1, -0.05) is 12.1 Å². The smallest absolute Gasteiger partial charge is 0.224 e. The monoisotopic (exact) mass is 368 g/mol. The van der Waals surface area contributed by atoms with Gasteiger partial charge in [0.05, 0.1) is 33.3 Å². The van der Waals surface area contributed by atoms with Crippen molar-refractivity contribution in [3.05, 3.63) is 59.7 Å². The molecule has 0 aromatic heterocycles. The van der Waals surface area contributed by atoms with Crippen molar-refractivity contribution in [3.8, 4) is 5.75 Å². The number of anilines is 1.